The van der Waals surface area contributed by atoms with E-state index in [0.29, 0.717) is 17.9 Å². The van der Waals surface area contributed by atoms with Crippen molar-refractivity contribution in [2.24, 2.45) is 0 Å². The number of rotatable bonds is 6. The van der Waals surface area contributed by atoms with Crippen LogP contribution in [0.25, 0.3) is 11.0 Å². The molecule has 1 amide bonds. The number of amides is 1. The maximum Gasteiger partial charge on any atom is 0.287 e. The van der Waals surface area contributed by atoms with Gasteiger partial charge < -0.3 is 19.8 Å². The van der Waals surface area contributed by atoms with Crippen LogP contribution in [0.1, 0.15) is 29.0 Å². The molecule has 0 spiro atoms. The number of hydrogen-bond donors (Lipinski definition) is 2. The van der Waals surface area contributed by atoms with E-state index < -0.39 is 0 Å². The highest BCUT2D eigenvalue weighted by molar-refractivity contribution is 5.96. The average molecular weight is 350 g/mol. The predicted molar refractivity (Wildman–Crippen MR) is 101 cm³/mol. The summed E-state index contributed by atoms with van der Waals surface area (Å²) in [6.45, 7) is 2.13. The molecule has 0 radical (unpaired) electrons. The van der Waals surface area contributed by atoms with Gasteiger partial charge in [-0.15, -0.1) is 0 Å². The highest BCUT2D eigenvalue weighted by Crippen LogP contribution is 2.24. The van der Waals surface area contributed by atoms with Gasteiger partial charge in [0.15, 0.2) is 5.76 Å². The van der Waals surface area contributed by atoms with Gasteiger partial charge in [-0.05, 0) is 42.7 Å². The lowest BCUT2D eigenvalue weighted by Gasteiger charge is -2.11. The lowest BCUT2D eigenvalue weighted by atomic mass is 10.2. The Bertz CT molecular complexity index is 883. The van der Waals surface area contributed by atoms with Crippen molar-refractivity contribution < 1.29 is 13.9 Å². The Morgan fingerprint density at radius 2 is 2.00 bits per heavy atom. The molecule has 26 heavy (non-hydrogen) atoms. The molecule has 134 valence electrons. The van der Waals surface area contributed by atoms with Gasteiger partial charge in [-0.3, -0.25) is 4.79 Å². The van der Waals surface area contributed by atoms with Crippen molar-refractivity contribution in [3.05, 3.63) is 65.9 Å². The Balaban J connectivity index is 1.40. The van der Waals surface area contributed by atoms with Crippen molar-refractivity contribution in [2.75, 3.05) is 18.5 Å². The van der Waals surface area contributed by atoms with E-state index in [0.717, 1.165) is 42.6 Å². The van der Waals surface area contributed by atoms with Crippen molar-refractivity contribution in [3.63, 3.8) is 0 Å². The number of furan rings is 1. The number of nitrogens with one attached hydrogen (secondary N) is 2. The maximum atomic E-state index is 12.3. The van der Waals surface area contributed by atoms with Gasteiger partial charge in [-0.25, -0.2) is 0 Å². The molecular formula is C21H22N2O3. The molecule has 2 aromatic carbocycles. The van der Waals surface area contributed by atoms with E-state index in [4.69, 9.17) is 9.15 Å². The topological polar surface area (TPSA) is 63.5 Å². The second-order valence-corrected chi connectivity index (χ2v) is 6.55. The summed E-state index contributed by atoms with van der Waals surface area (Å²) in [5.41, 5.74) is 2.76. The molecule has 1 fully saturated rings. The summed E-state index contributed by atoms with van der Waals surface area (Å²) in [5.74, 6) is 0.117. The quantitative estimate of drug-likeness (QED) is 0.706. The first-order valence-electron chi connectivity index (χ1n) is 8.99. The van der Waals surface area contributed by atoms with E-state index in [9.17, 15) is 4.79 Å². The first-order chi connectivity index (χ1) is 12.8. The van der Waals surface area contributed by atoms with Crippen LogP contribution < -0.4 is 10.6 Å². The summed E-state index contributed by atoms with van der Waals surface area (Å²) in [6, 6.07) is 17.5. The van der Waals surface area contributed by atoms with Gasteiger partial charge in [0.1, 0.15) is 5.58 Å². The summed E-state index contributed by atoms with van der Waals surface area (Å²) < 4.78 is 11.3. The zero-order chi connectivity index (χ0) is 17.8. The van der Waals surface area contributed by atoms with E-state index in [2.05, 4.69) is 10.6 Å². The van der Waals surface area contributed by atoms with Gasteiger partial charge in [0, 0.05) is 30.8 Å². The van der Waals surface area contributed by atoms with Crippen LogP contribution in [-0.4, -0.2) is 25.2 Å². The summed E-state index contributed by atoms with van der Waals surface area (Å²) in [5, 5.41) is 7.19. The van der Waals surface area contributed by atoms with Crippen molar-refractivity contribution >= 4 is 22.6 Å². The van der Waals surface area contributed by atoms with E-state index in [1.54, 1.807) is 6.07 Å². The smallest absolute Gasteiger partial charge is 0.287 e. The average Bonchev–Trinajstić information content (AvgIpc) is 3.34. The first kappa shape index (κ1) is 16.7. The second-order valence-electron chi connectivity index (χ2n) is 6.55. The maximum absolute atomic E-state index is 12.3. The molecule has 4 rings (SSSR count). The van der Waals surface area contributed by atoms with Crippen LogP contribution in [0, 0.1) is 0 Å². The zero-order valence-electron chi connectivity index (χ0n) is 14.5. The first-order valence-corrected chi connectivity index (χ1v) is 8.99. The number of anilines is 1. The molecule has 3 aromatic rings. The minimum atomic E-state index is -0.209. The molecule has 0 saturated carbocycles. The molecule has 1 aliphatic heterocycles. The molecule has 0 aliphatic carbocycles. The van der Waals surface area contributed by atoms with Gasteiger partial charge in [0.05, 0.1) is 6.10 Å². The van der Waals surface area contributed by atoms with Crippen LogP contribution >= 0.6 is 0 Å². The minimum absolute atomic E-state index is 0.209. The number of hydrogen-bond acceptors (Lipinski definition) is 4. The van der Waals surface area contributed by atoms with E-state index in [1.807, 2.05) is 48.5 Å². The lowest BCUT2D eigenvalue weighted by molar-refractivity contribution is 0.0925. The third-order valence-corrected chi connectivity index (χ3v) is 4.59. The number of ether oxygens (including phenoxy) is 1. The minimum Gasteiger partial charge on any atom is -0.451 e. The molecule has 2 N–H and O–H groups in total. The third-order valence-electron chi connectivity index (χ3n) is 4.59. The fourth-order valence-electron chi connectivity index (χ4n) is 3.17. The van der Waals surface area contributed by atoms with E-state index in [1.165, 1.54) is 0 Å². The van der Waals surface area contributed by atoms with Gasteiger partial charge in [0.25, 0.3) is 5.91 Å². The number of fused-ring (bicyclic) bond motifs is 1. The van der Waals surface area contributed by atoms with E-state index in [-0.39, 0.29) is 12.0 Å². The largest absolute Gasteiger partial charge is 0.451 e. The normalized spacial score (nSPS) is 16.7. The Hall–Kier alpha value is -2.79. The highest BCUT2D eigenvalue weighted by Gasteiger charge is 2.16. The molecular weight excluding hydrogens is 328 g/mol. The van der Waals surface area contributed by atoms with E-state index >= 15 is 0 Å². The molecule has 5 nitrogen and oxygen atoms in total. The summed E-state index contributed by atoms with van der Waals surface area (Å²) in [7, 11) is 0. The standard InChI is InChI=1S/C21H22N2O3/c24-21(23-13-15-5-2-1-3-6-15)20-12-16-11-17(8-9-19(16)26-20)22-14-18-7-4-10-25-18/h1-3,5-6,8-9,11-12,18,22H,4,7,10,13-14H2,(H,23,24). The van der Waals surface area contributed by atoms with Crippen molar-refractivity contribution in [1.82, 2.24) is 5.32 Å². The monoisotopic (exact) mass is 350 g/mol. The van der Waals surface area contributed by atoms with Gasteiger partial charge in [-0.2, -0.15) is 0 Å². The van der Waals surface area contributed by atoms with Gasteiger partial charge >= 0.3 is 0 Å². The second kappa shape index (κ2) is 7.62. The molecule has 5 heteroatoms. The Morgan fingerprint density at radius 1 is 1.12 bits per heavy atom. The SMILES string of the molecule is O=C(NCc1ccccc1)c1cc2cc(NCC3CCCO3)ccc2o1. The number of carbonyl (C=O) groups excluding carboxylic acids is 1. The number of benzene rings is 2. The molecule has 0 bridgehead atoms. The Morgan fingerprint density at radius 3 is 2.81 bits per heavy atom. The zero-order valence-corrected chi connectivity index (χ0v) is 14.5. The fraction of sp³-hybridized carbons (Fsp3) is 0.286. The number of carbonyl (C=O) groups is 1. The Kier molecular flexibility index (Phi) is 4.88. The fourth-order valence-corrected chi connectivity index (χ4v) is 3.17. The summed E-state index contributed by atoms with van der Waals surface area (Å²) >= 11 is 0. The summed E-state index contributed by atoms with van der Waals surface area (Å²) in [4.78, 5) is 12.3. The van der Waals surface area contributed by atoms with Crippen molar-refractivity contribution in [1.29, 1.82) is 0 Å². The van der Waals surface area contributed by atoms with Crippen LogP contribution in [-0.2, 0) is 11.3 Å². The molecule has 2 heterocycles. The highest BCUT2D eigenvalue weighted by atomic mass is 16.5. The summed E-state index contributed by atoms with van der Waals surface area (Å²) in [6.07, 6.45) is 2.52. The van der Waals surface area contributed by atoms with Crippen molar-refractivity contribution in [3.8, 4) is 0 Å². The molecule has 1 aliphatic rings. The van der Waals surface area contributed by atoms with Crippen LogP contribution in [0.5, 0.6) is 0 Å². The van der Waals surface area contributed by atoms with Crippen molar-refractivity contribution in [2.45, 2.75) is 25.5 Å². The predicted octanol–water partition coefficient (Wildman–Crippen LogP) is 3.95. The van der Waals surface area contributed by atoms with Crippen LogP contribution in [0.3, 0.4) is 0 Å². The van der Waals surface area contributed by atoms with Gasteiger partial charge in [0.2, 0.25) is 0 Å². The lowest BCUT2D eigenvalue weighted by Crippen LogP contribution is -2.22. The molecule has 1 atom stereocenters. The van der Waals surface area contributed by atoms with Gasteiger partial charge in [-0.1, -0.05) is 30.3 Å². The Labute approximate surface area is 152 Å². The third kappa shape index (κ3) is 3.89. The molecule has 1 unspecified atom stereocenters. The van der Waals surface area contributed by atoms with Crippen LogP contribution in [0.2, 0.25) is 0 Å². The molecule has 1 saturated heterocycles. The van der Waals surface area contributed by atoms with Crippen LogP contribution in [0.15, 0.2) is 59.0 Å². The van der Waals surface area contributed by atoms with Crippen LogP contribution in [0.4, 0.5) is 5.69 Å². The molecule has 1 aromatic heterocycles.